The maximum absolute atomic E-state index is 12.9. The summed E-state index contributed by atoms with van der Waals surface area (Å²) in [5.74, 6) is -0.0277. The third-order valence-corrected chi connectivity index (χ3v) is 3.20. The number of nitrogens with zero attached hydrogens (tertiary/aromatic N) is 1. The molecule has 0 radical (unpaired) electrons. The van der Waals surface area contributed by atoms with E-state index in [0.29, 0.717) is 11.5 Å². The van der Waals surface area contributed by atoms with Crippen LogP contribution in [0.25, 0.3) is 6.08 Å². The number of nitrogens with one attached hydrogen (secondary N) is 1. The Bertz CT molecular complexity index is 743. The zero-order valence-corrected chi connectivity index (χ0v) is 11.4. The number of aliphatic imine (C=N–C) groups is 1. The van der Waals surface area contributed by atoms with E-state index in [9.17, 15) is 9.18 Å². The lowest BCUT2D eigenvalue weighted by Crippen LogP contribution is -2.24. The number of benzene rings is 2. The topological polar surface area (TPSA) is 41.5 Å². The van der Waals surface area contributed by atoms with Gasteiger partial charge in [-0.25, -0.2) is 9.38 Å². The van der Waals surface area contributed by atoms with Gasteiger partial charge in [0.15, 0.2) is 0 Å². The lowest BCUT2D eigenvalue weighted by atomic mass is 10.1. The molecule has 4 heteroatoms. The summed E-state index contributed by atoms with van der Waals surface area (Å²) in [4.78, 5) is 16.2. The first-order valence-electron chi connectivity index (χ1n) is 6.56. The summed E-state index contributed by atoms with van der Waals surface area (Å²) in [7, 11) is 0. The van der Waals surface area contributed by atoms with Crippen LogP contribution in [0.2, 0.25) is 0 Å². The van der Waals surface area contributed by atoms with Crippen LogP contribution in [0, 0.1) is 12.7 Å². The molecule has 1 heterocycles. The van der Waals surface area contributed by atoms with Gasteiger partial charge in [-0.3, -0.25) is 4.79 Å². The molecule has 3 rings (SSSR count). The van der Waals surface area contributed by atoms with Crippen molar-refractivity contribution in [1.82, 2.24) is 5.32 Å². The number of carbonyl (C=O) groups is 1. The number of aryl methyl sites for hydroxylation is 1. The molecule has 0 saturated heterocycles. The summed E-state index contributed by atoms with van der Waals surface area (Å²) in [5, 5.41) is 2.74. The van der Waals surface area contributed by atoms with Crippen LogP contribution in [0.3, 0.4) is 0 Å². The number of amides is 1. The molecule has 0 fully saturated rings. The Labute approximate surface area is 121 Å². The van der Waals surface area contributed by atoms with Gasteiger partial charge in [-0.05, 0) is 30.7 Å². The van der Waals surface area contributed by atoms with Gasteiger partial charge in [0, 0.05) is 5.56 Å². The highest BCUT2D eigenvalue weighted by Crippen LogP contribution is 2.15. The molecule has 0 atom stereocenters. The predicted molar refractivity (Wildman–Crippen MR) is 80.2 cm³/mol. The van der Waals surface area contributed by atoms with Crippen molar-refractivity contribution in [2.75, 3.05) is 0 Å². The van der Waals surface area contributed by atoms with Gasteiger partial charge in [-0.2, -0.15) is 0 Å². The molecule has 0 unspecified atom stereocenters. The van der Waals surface area contributed by atoms with Crippen molar-refractivity contribution in [3.63, 3.8) is 0 Å². The third-order valence-electron chi connectivity index (χ3n) is 3.20. The van der Waals surface area contributed by atoms with Gasteiger partial charge in [-0.1, -0.05) is 42.0 Å². The second-order valence-electron chi connectivity index (χ2n) is 4.86. The van der Waals surface area contributed by atoms with Gasteiger partial charge in [0.1, 0.15) is 17.3 Å². The summed E-state index contributed by atoms with van der Waals surface area (Å²) in [6, 6.07) is 13.7. The molecule has 0 bridgehead atoms. The number of amidine groups is 1. The summed E-state index contributed by atoms with van der Waals surface area (Å²) < 4.78 is 12.9. The summed E-state index contributed by atoms with van der Waals surface area (Å²) >= 11 is 0. The first kappa shape index (κ1) is 13.2. The fraction of sp³-hybridized carbons (Fsp3) is 0.0588. The zero-order chi connectivity index (χ0) is 14.8. The number of rotatable bonds is 2. The quantitative estimate of drug-likeness (QED) is 0.844. The molecule has 21 heavy (non-hydrogen) atoms. The summed E-state index contributed by atoms with van der Waals surface area (Å²) in [6.45, 7) is 2.00. The van der Waals surface area contributed by atoms with Crippen molar-refractivity contribution in [3.8, 4) is 0 Å². The predicted octanol–water partition coefficient (Wildman–Crippen LogP) is 3.05. The van der Waals surface area contributed by atoms with Gasteiger partial charge in [0.05, 0.1) is 0 Å². The van der Waals surface area contributed by atoms with Crippen LogP contribution in [0.1, 0.15) is 16.7 Å². The highest BCUT2D eigenvalue weighted by Gasteiger charge is 2.20. The molecule has 0 spiro atoms. The Hall–Kier alpha value is -2.75. The maximum Gasteiger partial charge on any atom is 0.275 e. The van der Waals surface area contributed by atoms with Crippen LogP contribution in [0.15, 0.2) is 59.2 Å². The largest absolute Gasteiger partial charge is 0.305 e. The van der Waals surface area contributed by atoms with Crippen molar-refractivity contribution in [1.29, 1.82) is 0 Å². The Balaban J connectivity index is 1.91. The van der Waals surface area contributed by atoms with Crippen LogP contribution in [-0.4, -0.2) is 11.7 Å². The van der Waals surface area contributed by atoms with E-state index in [1.54, 1.807) is 18.2 Å². The van der Waals surface area contributed by atoms with Gasteiger partial charge in [0.2, 0.25) is 0 Å². The monoisotopic (exact) mass is 280 g/mol. The first-order valence-corrected chi connectivity index (χ1v) is 6.56. The lowest BCUT2D eigenvalue weighted by molar-refractivity contribution is -0.115. The van der Waals surface area contributed by atoms with E-state index in [2.05, 4.69) is 10.3 Å². The molecule has 3 nitrogen and oxygen atoms in total. The molecule has 1 N–H and O–H groups in total. The SMILES string of the molecule is Cc1ccc(C2=NC(=Cc3ccc(F)cc3)C(=O)N2)cc1. The first-order chi connectivity index (χ1) is 10.1. The molecule has 0 aliphatic carbocycles. The number of hydrogen-bond donors (Lipinski definition) is 1. The van der Waals surface area contributed by atoms with Crippen LogP contribution < -0.4 is 5.32 Å². The molecule has 2 aromatic carbocycles. The number of hydrogen-bond acceptors (Lipinski definition) is 2. The fourth-order valence-corrected chi connectivity index (χ4v) is 2.03. The van der Waals surface area contributed by atoms with Crippen LogP contribution >= 0.6 is 0 Å². The number of carbonyl (C=O) groups excluding carboxylic acids is 1. The molecule has 0 aromatic heterocycles. The molecular weight excluding hydrogens is 267 g/mol. The molecule has 104 valence electrons. The molecule has 0 saturated carbocycles. The third kappa shape index (κ3) is 2.89. The van der Waals surface area contributed by atoms with E-state index in [4.69, 9.17) is 0 Å². The smallest absolute Gasteiger partial charge is 0.275 e. The van der Waals surface area contributed by atoms with Crippen molar-refractivity contribution < 1.29 is 9.18 Å². The molecule has 1 amide bonds. The van der Waals surface area contributed by atoms with Gasteiger partial charge in [0.25, 0.3) is 5.91 Å². The standard InChI is InChI=1S/C17H13FN2O/c1-11-2-6-13(7-3-11)16-19-15(17(21)20-16)10-12-4-8-14(18)9-5-12/h2-10H,1H3,(H,19,20,21). The second kappa shape index (κ2) is 5.32. The van der Waals surface area contributed by atoms with Crippen LogP contribution in [-0.2, 0) is 4.79 Å². The minimum atomic E-state index is -0.308. The van der Waals surface area contributed by atoms with E-state index in [-0.39, 0.29) is 11.7 Å². The van der Waals surface area contributed by atoms with E-state index in [1.165, 1.54) is 12.1 Å². The molecule has 1 aliphatic rings. The zero-order valence-electron chi connectivity index (χ0n) is 11.4. The molecule has 2 aromatic rings. The van der Waals surface area contributed by atoms with Crippen LogP contribution in [0.4, 0.5) is 4.39 Å². The second-order valence-corrected chi connectivity index (χ2v) is 4.86. The van der Waals surface area contributed by atoms with Crippen molar-refractivity contribution in [2.24, 2.45) is 4.99 Å². The Morgan fingerprint density at radius 2 is 1.71 bits per heavy atom. The maximum atomic E-state index is 12.9. The van der Waals surface area contributed by atoms with Crippen molar-refractivity contribution in [2.45, 2.75) is 6.92 Å². The lowest BCUT2D eigenvalue weighted by Gasteiger charge is -2.00. The minimum Gasteiger partial charge on any atom is -0.305 e. The van der Waals surface area contributed by atoms with Gasteiger partial charge in [-0.15, -0.1) is 0 Å². The van der Waals surface area contributed by atoms with Gasteiger partial charge >= 0.3 is 0 Å². The highest BCUT2D eigenvalue weighted by atomic mass is 19.1. The fourth-order valence-electron chi connectivity index (χ4n) is 2.03. The summed E-state index contributed by atoms with van der Waals surface area (Å²) in [6.07, 6.45) is 1.63. The normalized spacial score (nSPS) is 16.0. The van der Waals surface area contributed by atoms with E-state index >= 15 is 0 Å². The van der Waals surface area contributed by atoms with Gasteiger partial charge < -0.3 is 5.32 Å². The average Bonchev–Trinajstić information content (AvgIpc) is 2.83. The Kier molecular flexibility index (Phi) is 3.36. The minimum absolute atomic E-state index is 0.255. The van der Waals surface area contributed by atoms with Crippen molar-refractivity contribution in [3.05, 3.63) is 76.7 Å². The van der Waals surface area contributed by atoms with E-state index in [0.717, 1.165) is 16.7 Å². The Morgan fingerprint density at radius 1 is 1.05 bits per heavy atom. The average molecular weight is 280 g/mol. The highest BCUT2D eigenvalue weighted by molar-refractivity contribution is 6.19. The van der Waals surface area contributed by atoms with Crippen LogP contribution in [0.5, 0.6) is 0 Å². The molecule has 1 aliphatic heterocycles. The Morgan fingerprint density at radius 3 is 2.38 bits per heavy atom. The van der Waals surface area contributed by atoms with E-state index < -0.39 is 0 Å². The summed E-state index contributed by atoms with van der Waals surface area (Å²) in [5.41, 5.74) is 3.05. The number of halogens is 1. The van der Waals surface area contributed by atoms with E-state index in [1.807, 2.05) is 31.2 Å². The molecular formula is C17H13FN2O. The van der Waals surface area contributed by atoms with Crippen molar-refractivity contribution >= 4 is 17.8 Å².